The van der Waals surface area contributed by atoms with E-state index in [1.54, 1.807) is 43.3 Å². The number of esters is 1. The van der Waals surface area contributed by atoms with Crippen LogP contribution in [0.3, 0.4) is 0 Å². The summed E-state index contributed by atoms with van der Waals surface area (Å²) in [6.07, 6.45) is -0.271. The number of Topliss-reactive ketones (excluding diaryl/α,β-unsaturated/α-hetero) is 1. The summed E-state index contributed by atoms with van der Waals surface area (Å²) in [7, 11) is -2.14. The number of carbonyl (C=O) groups is 2. The van der Waals surface area contributed by atoms with Gasteiger partial charge < -0.3 is 14.2 Å². The van der Waals surface area contributed by atoms with E-state index in [1.165, 1.54) is 23.5 Å². The Kier molecular flexibility index (Phi) is 8.10. The number of benzene rings is 2. The first-order valence-corrected chi connectivity index (χ1v) is 12.3. The number of hydrogen-bond donors (Lipinski definition) is 0. The topological polar surface area (TPSA) is 99.2 Å². The lowest BCUT2D eigenvalue weighted by atomic mass is 9.98. The van der Waals surface area contributed by atoms with Crippen LogP contribution >= 0.6 is 0 Å². The molecular formula is C24H29NO7S. The summed E-state index contributed by atoms with van der Waals surface area (Å²) in [5, 5.41) is 0. The summed E-state index contributed by atoms with van der Waals surface area (Å²) >= 11 is 0. The minimum Gasteiger partial charge on any atom is -0.497 e. The Morgan fingerprint density at radius 3 is 2.12 bits per heavy atom. The minimum absolute atomic E-state index is 0.180. The smallest absolute Gasteiger partial charge is 0.309 e. The number of piperidine rings is 1. The molecule has 0 radical (unpaired) electrons. The molecule has 1 saturated heterocycles. The van der Waals surface area contributed by atoms with Crippen molar-refractivity contribution in [2.45, 2.75) is 37.7 Å². The molecule has 0 saturated carbocycles. The van der Waals surface area contributed by atoms with Crippen LogP contribution < -0.4 is 9.47 Å². The molecule has 2 aromatic carbocycles. The van der Waals surface area contributed by atoms with Crippen LogP contribution in [-0.2, 0) is 19.6 Å². The molecule has 1 heterocycles. The summed E-state index contributed by atoms with van der Waals surface area (Å²) in [6.45, 7) is 4.35. The number of rotatable bonds is 9. The number of ether oxygens (including phenoxy) is 3. The van der Waals surface area contributed by atoms with Gasteiger partial charge in [0.2, 0.25) is 15.8 Å². The maximum atomic E-state index is 12.9. The lowest BCUT2D eigenvalue weighted by Crippen LogP contribution is -2.41. The first-order chi connectivity index (χ1) is 15.8. The third-order valence-electron chi connectivity index (χ3n) is 5.60. The highest BCUT2D eigenvalue weighted by molar-refractivity contribution is 7.89. The molecule has 1 fully saturated rings. The standard InChI is InChI=1S/C24H29NO7S/c1-4-31-21-7-5-18(6-8-21)23(26)17(2)32-24(27)19-13-15-25(16-14-19)33(28,29)22-11-9-20(30-3)10-12-22/h5-12,17,19H,4,13-16H2,1-3H3. The van der Waals surface area contributed by atoms with E-state index in [1.807, 2.05) is 6.92 Å². The zero-order valence-corrected chi connectivity index (χ0v) is 19.8. The zero-order chi connectivity index (χ0) is 24.0. The van der Waals surface area contributed by atoms with Gasteiger partial charge >= 0.3 is 5.97 Å². The highest BCUT2D eigenvalue weighted by Gasteiger charge is 2.34. The van der Waals surface area contributed by atoms with Gasteiger partial charge in [-0.15, -0.1) is 0 Å². The Morgan fingerprint density at radius 1 is 1.00 bits per heavy atom. The van der Waals surface area contributed by atoms with Crippen molar-refractivity contribution in [2.24, 2.45) is 5.92 Å². The van der Waals surface area contributed by atoms with Crippen molar-refractivity contribution in [1.82, 2.24) is 4.31 Å². The van der Waals surface area contributed by atoms with E-state index in [-0.39, 0.29) is 23.8 Å². The quantitative estimate of drug-likeness (QED) is 0.405. The Balaban J connectivity index is 1.54. The fraction of sp³-hybridized carbons (Fsp3) is 0.417. The van der Waals surface area contributed by atoms with Crippen molar-refractivity contribution >= 4 is 21.8 Å². The third kappa shape index (κ3) is 5.91. The summed E-state index contributed by atoms with van der Waals surface area (Å²) in [6, 6.07) is 12.9. The highest BCUT2D eigenvalue weighted by atomic mass is 32.2. The fourth-order valence-corrected chi connectivity index (χ4v) is 5.14. The molecule has 3 rings (SSSR count). The molecule has 178 valence electrons. The van der Waals surface area contributed by atoms with Crippen LogP contribution in [0.15, 0.2) is 53.4 Å². The van der Waals surface area contributed by atoms with Gasteiger partial charge in [-0.2, -0.15) is 4.31 Å². The Morgan fingerprint density at radius 2 is 1.58 bits per heavy atom. The summed E-state index contributed by atoms with van der Waals surface area (Å²) in [5.41, 5.74) is 0.430. The lowest BCUT2D eigenvalue weighted by Gasteiger charge is -2.30. The molecule has 0 amide bonds. The van der Waals surface area contributed by atoms with E-state index in [0.717, 1.165) is 0 Å². The van der Waals surface area contributed by atoms with Crippen LogP contribution in [0.25, 0.3) is 0 Å². The number of carbonyl (C=O) groups excluding carboxylic acids is 2. The molecule has 1 aliphatic rings. The van der Waals surface area contributed by atoms with Gasteiger partial charge in [0, 0.05) is 18.7 Å². The van der Waals surface area contributed by atoms with Crippen LogP contribution in [0.2, 0.25) is 0 Å². The Bertz CT molecular complexity index is 1060. The predicted molar refractivity (Wildman–Crippen MR) is 122 cm³/mol. The maximum absolute atomic E-state index is 12.9. The van der Waals surface area contributed by atoms with E-state index < -0.39 is 28.0 Å². The minimum atomic E-state index is -3.66. The summed E-state index contributed by atoms with van der Waals surface area (Å²) in [5.74, 6) is -0.00328. The Hall–Kier alpha value is -2.91. The molecule has 0 aromatic heterocycles. The monoisotopic (exact) mass is 475 g/mol. The predicted octanol–water partition coefficient (Wildman–Crippen LogP) is 3.31. The second kappa shape index (κ2) is 10.8. The second-order valence-corrected chi connectivity index (χ2v) is 9.69. The van der Waals surface area contributed by atoms with Crippen molar-refractivity contribution in [1.29, 1.82) is 0 Å². The highest BCUT2D eigenvalue weighted by Crippen LogP contribution is 2.26. The molecule has 33 heavy (non-hydrogen) atoms. The van der Waals surface area contributed by atoms with Crippen molar-refractivity contribution in [2.75, 3.05) is 26.8 Å². The van der Waals surface area contributed by atoms with E-state index in [0.29, 0.717) is 36.5 Å². The Labute approximate surface area is 194 Å². The molecule has 8 nitrogen and oxygen atoms in total. The van der Waals surface area contributed by atoms with E-state index in [4.69, 9.17) is 14.2 Å². The largest absolute Gasteiger partial charge is 0.497 e. The lowest BCUT2D eigenvalue weighted by molar-refractivity contribution is -0.152. The maximum Gasteiger partial charge on any atom is 0.309 e. The van der Waals surface area contributed by atoms with E-state index >= 15 is 0 Å². The van der Waals surface area contributed by atoms with Gasteiger partial charge in [-0.3, -0.25) is 9.59 Å². The zero-order valence-electron chi connectivity index (χ0n) is 19.0. The normalized spacial score (nSPS) is 16.1. The average Bonchev–Trinajstić information content (AvgIpc) is 2.84. The van der Waals surface area contributed by atoms with Gasteiger partial charge in [0.25, 0.3) is 0 Å². The van der Waals surface area contributed by atoms with Gasteiger partial charge in [0.1, 0.15) is 11.5 Å². The van der Waals surface area contributed by atoms with Gasteiger partial charge in [-0.05, 0) is 75.2 Å². The molecule has 0 bridgehead atoms. The fourth-order valence-electron chi connectivity index (χ4n) is 3.67. The molecule has 9 heteroatoms. The third-order valence-corrected chi connectivity index (χ3v) is 7.51. The summed E-state index contributed by atoms with van der Waals surface area (Å²) in [4.78, 5) is 25.4. The molecule has 0 spiro atoms. The van der Waals surface area contributed by atoms with Gasteiger partial charge in [0.05, 0.1) is 24.5 Å². The molecule has 0 N–H and O–H groups in total. The van der Waals surface area contributed by atoms with E-state index in [9.17, 15) is 18.0 Å². The van der Waals surface area contributed by atoms with E-state index in [2.05, 4.69) is 0 Å². The van der Waals surface area contributed by atoms with Gasteiger partial charge in [-0.25, -0.2) is 8.42 Å². The molecule has 1 atom stereocenters. The first-order valence-electron chi connectivity index (χ1n) is 10.9. The van der Waals surface area contributed by atoms with Crippen molar-refractivity contribution in [3.05, 3.63) is 54.1 Å². The van der Waals surface area contributed by atoms with Crippen molar-refractivity contribution in [3.63, 3.8) is 0 Å². The van der Waals surface area contributed by atoms with Crippen LogP contribution in [0.4, 0.5) is 0 Å². The number of sulfonamides is 1. The van der Waals surface area contributed by atoms with Crippen molar-refractivity contribution in [3.8, 4) is 11.5 Å². The van der Waals surface area contributed by atoms with Crippen LogP contribution in [0.5, 0.6) is 11.5 Å². The van der Waals surface area contributed by atoms with Crippen LogP contribution in [0, 0.1) is 5.92 Å². The molecule has 1 aliphatic heterocycles. The molecule has 0 aliphatic carbocycles. The SMILES string of the molecule is CCOc1ccc(C(=O)C(C)OC(=O)C2CCN(S(=O)(=O)c3ccc(OC)cc3)CC2)cc1. The van der Waals surface area contributed by atoms with Crippen molar-refractivity contribution < 1.29 is 32.2 Å². The average molecular weight is 476 g/mol. The van der Waals surface area contributed by atoms with Crippen LogP contribution in [-0.4, -0.2) is 57.4 Å². The number of ketones is 1. The molecule has 2 aromatic rings. The summed E-state index contributed by atoms with van der Waals surface area (Å²) < 4.78 is 43.0. The number of nitrogens with zero attached hydrogens (tertiary/aromatic N) is 1. The second-order valence-electron chi connectivity index (χ2n) is 7.75. The number of hydrogen-bond acceptors (Lipinski definition) is 7. The molecular weight excluding hydrogens is 446 g/mol. The van der Waals surface area contributed by atoms with Crippen LogP contribution in [0.1, 0.15) is 37.0 Å². The first kappa shape index (κ1) is 24.7. The van der Waals surface area contributed by atoms with Gasteiger partial charge in [0.15, 0.2) is 6.10 Å². The van der Waals surface area contributed by atoms with Gasteiger partial charge in [-0.1, -0.05) is 0 Å². The molecule has 1 unspecified atom stereocenters. The number of methoxy groups -OCH3 is 1.